The molecule has 1 aliphatic heterocycles. The number of ether oxygens (including phenoxy) is 1. The van der Waals surface area contributed by atoms with Crippen molar-refractivity contribution in [2.24, 2.45) is 5.92 Å². The highest BCUT2D eigenvalue weighted by atomic mass is 16.5. The summed E-state index contributed by atoms with van der Waals surface area (Å²) >= 11 is 0. The zero-order valence-corrected chi connectivity index (χ0v) is 7.21. The number of carbonyl (C=O) groups is 1. The molecule has 3 nitrogen and oxygen atoms in total. The molecule has 0 unspecified atom stereocenters. The molecule has 68 valence electrons. The fraction of sp³-hybridized carbons (Fsp3) is 0.889. The summed E-state index contributed by atoms with van der Waals surface area (Å²) < 4.78 is 5.19. The van der Waals surface area contributed by atoms with Crippen LogP contribution in [0.15, 0.2) is 0 Å². The Hall–Kier alpha value is -0.570. The molecule has 0 bridgehead atoms. The second kappa shape index (κ2) is 3.44. The van der Waals surface area contributed by atoms with Crippen LogP contribution in [0.1, 0.15) is 25.7 Å². The molecule has 1 saturated carbocycles. The van der Waals surface area contributed by atoms with Crippen molar-refractivity contribution in [2.45, 2.75) is 31.7 Å². The Balaban J connectivity index is 1.89. The molecule has 0 spiro atoms. The molecule has 12 heavy (non-hydrogen) atoms. The summed E-state index contributed by atoms with van der Waals surface area (Å²) in [5.41, 5.74) is 0. The Kier molecular flexibility index (Phi) is 2.30. The molecule has 2 fully saturated rings. The molecule has 1 atom stereocenters. The average Bonchev–Trinajstić information content (AvgIpc) is 2.56. The van der Waals surface area contributed by atoms with Crippen molar-refractivity contribution < 1.29 is 9.53 Å². The van der Waals surface area contributed by atoms with Crippen LogP contribution >= 0.6 is 0 Å². The van der Waals surface area contributed by atoms with Gasteiger partial charge >= 0.3 is 0 Å². The molecule has 1 saturated heterocycles. The van der Waals surface area contributed by atoms with E-state index in [0.29, 0.717) is 12.0 Å². The molecule has 0 aromatic rings. The largest absolute Gasteiger partial charge is 0.370 e. The van der Waals surface area contributed by atoms with Crippen LogP contribution < -0.4 is 5.32 Å². The Morgan fingerprint density at radius 3 is 2.75 bits per heavy atom. The van der Waals surface area contributed by atoms with E-state index in [-0.39, 0.29) is 12.5 Å². The van der Waals surface area contributed by atoms with Gasteiger partial charge in [0.2, 0.25) is 5.91 Å². The average molecular weight is 169 g/mol. The van der Waals surface area contributed by atoms with Gasteiger partial charge in [-0.25, -0.2) is 0 Å². The van der Waals surface area contributed by atoms with Crippen molar-refractivity contribution in [1.29, 1.82) is 0 Å². The van der Waals surface area contributed by atoms with Crippen molar-refractivity contribution in [2.75, 3.05) is 13.2 Å². The van der Waals surface area contributed by atoms with Crippen molar-refractivity contribution in [3.8, 4) is 0 Å². The van der Waals surface area contributed by atoms with Crippen molar-refractivity contribution in [3.63, 3.8) is 0 Å². The molecular weight excluding hydrogens is 154 g/mol. The van der Waals surface area contributed by atoms with E-state index in [2.05, 4.69) is 5.32 Å². The van der Waals surface area contributed by atoms with E-state index in [0.717, 1.165) is 6.61 Å². The number of hydrogen-bond donors (Lipinski definition) is 1. The molecule has 2 aliphatic rings. The summed E-state index contributed by atoms with van der Waals surface area (Å²) in [5.74, 6) is 0.729. The number of carbonyl (C=O) groups excluding carboxylic acids is 1. The quantitative estimate of drug-likeness (QED) is 0.627. The summed E-state index contributed by atoms with van der Waals surface area (Å²) in [6.07, 6.45) is 5.15. The van der Waals surface area contributed by atoms with Gasteiger partial charge in [-0.1, -0.05) is 12.8 Å². The van der Waals surface area contributed by atoms with Gasteiger partial charge in [0.15, 0.2) is 0 Å². The van der Waals surface area contributed by atoms with Crippen LogP contribution in [0, 0.1) is 5.92 Å². The van der Waals surface area contributed by atoms with Crippen LogP contribution in [0.5, 0.6) is 0 Å². The van der Waals surface area contributed by atoms with Crippen LogP contribution in [-0.2, 0) is 9.53 Å². The van der Waals surface area contributed by atoms with Crippen LogP contribution in [0.25, 0.3) is 0 Å². The molecule has 3 heteroatoms. The standard InChI is InChI=1S/C9H15NO2/c11-9-6-12-5-8(10-9)7-3-1-2-4-7/h7-8H,1-6H2,(H,10,11)/t8-/m0/s1. The third-order valence-electron chi connectivity index (χ3n) is 2.85. The predicted molar refractivity (Wildman–Crippen MR) is 44.7 cm³/mol. The van der Waals surface area contributed by atoms with Crippen molar-refractivity contribution in [3.05, 3.63) is 0 Å². The minimum atomic E-state index is 0.0538. The monoisotopic (exact) mass is 169 g/mol. The van der Waals surface area contributed by atoms with Crippen LogP contribution in [0.3, 0.4) is 0 Å². The molecule has 0 radical (unpaired) electrons. The minimum absolute atomic E-state index is 0.0538. The lowest BCUT2D eigenvalue weighted by Crippen LogP contribution is -2.48. The molecule has 1 aliphatic carbocycles. The van der Waals surface area contributed by atoms with Gasteiger partial charge < -0.3 is 10.1 Å². The maximum atomic E-state index is 11.0. The Morgan fingerprint density at radius 1 is 1.33 bits per heavy atom. The molecule has 1 heterocycles. The van der Waals surface area contributed by atoms with Crippen molar-refractivity contribution in [1.82, 2.24) is 5.32 Å². The first-order valence-corrected chi connectivity index (χ1v) is 4.73. The van der Waals surface area contributed by atoms with Crippen LogP contribution in [0.2, 0.25) is 0 Å². The van der Waals surface area contributed by atoms with E-state index in [1.54, 1.807) is 0 Å². The predicted octanol–water partition coefficient (Wildman–Crippen LogP) is 0.692. The molecule has 0 aromatic carbocycles. The third kappa shape index (κ3) is 1.61. The van der Waals surface area contributed by atoms with Gasteiger partial charge in [-0.2, -0.15) is 0 Å². The van der Waals surface area contributed by atoms with Gasteiger partial charge in [-0.05, 0) is 18.8 Å². The van der Waals surface area contributed by atoms with Gasteiger partial charge in [0, 0.05) is 0 Å². The van der Waals surface area contributed by atoms with E-state index in [4.69, 9.17) is 4.74 Å². The number of amides is 1. The molecule has 1 N–H and O–H groups in total. The maximum absolute atomic E-state index is 11.0. The zero-order chi connectivity index (χ0) is 8.39. The Bertz CT molecular complexity index is 175. The Morgan fingerprint density at radius 2 is 2.08 bits per heavy atom. The van der Waals surface area contributed by atoms with E-state index < -0.39 is 0 Å². The molecule has 1 amide bonds. The van der Waals surface area contributed by atoms with Gasteiger partial charge in [0.1, 0.15) is 6.61 Å². The normalized spacial score (nSPS) is 32.0. The van der Waals surface area contributed by atoms with E-state index >= 15 is 0 Å². The SMILES string of the molecule is O=C1COC[C@@H](C2CCCC2)N1. The molecular formula is C9H15NO2. The van der Waals surface area contributed by atoms with E-state index in [9.17, 15) is 4.79 Å². The molecule has 0 aromatic heterocycles. The first kappa shape index (κ1) is 8.05. The topological polar surface area (TPSA) is 38.3 Å². The van der Waals surface area contributed by atoms with E-state index in [1.165, 1.54) is 25.7 Å². The van der Waals surface area contributed by atoms with Crippen LogP contribution in [0.4, 0.5) is 0 Å². The number of hydrogen-bond acceptors (Lipinski definition) is 2. The summed E-state index contributed by atoms with van der Waals surface area (Å²) in [5, 5.41) is 2.99. The highest BCUT2D eigenvalue weighted by Gasteiger charge is 2.28. The van der Waals surface area contributed by atoms with Crippen LogP contribution in [-0.4, -0.2) is 25.2 Å². The number of morpholine rings is 1. The highest BCUT2D eigenvalue weighted by molar-refractivity contribution is 5.78. The second-order valence-electron chi connectivity index (χ2n) is 3.73. The number of rotatable bonds is 1. The van der Waals surface area contributed by atoms with Gasteiger partial charge in [-0.3, -0.25) is 4.79 Å². The fourth-order valence-corrected chi connectivity index (χ4v) is 2.18. The fourth-order valence-electron chi connectivity index (χ4n) is 2.18. The third-order valence-corrected chi connectivity index (χ3v) is 2.85. The Labute approximate surface area is 72.5 Å². The number of nitrogens with one attached hydrogen (secondary N) is 1. The summed E-state index contributed by atoms with van der Waals surface area (Å²) in [4.78, 5) is 11.0. The van der Waals surface area contributed by atoms with Crippen molar-refractivity contribution >= 4 is 5.91 Å². The summed E-state index contributed by atoms with van der Waals surface area (Å²) in [6, 6.07) is 0.300. The first-order chi connectivity index (χ1) is 5.86. The highest BCUT2D eigenvalue weighted by Crippen LogP contribution is 2.28. The van der Waals surface area contributed by atoms with Gasteiger partial charge in [-0.15, -0.1) is 0 Å². The second-order valence-corrected chi connectivity index (χ2v) is 3.73. The smallest absolute Gasteiger partial charge is 0.246 e. The van der Waals surface area contributed by atoms with Gasteiger partial charge in [0.05, 0.1) is 12.6 Å². The van der Waals surface area contributed by atoms with E-state index in [1.807, 2.05) is 0 Å². The zero-order valence-electron chi connectivity index (χ0n) is 7.21. The first-order valence-electron chi connectivity index (χ1n) is 4.73. The lowest BCUT2D eigenvalue weighted by atomic mass is 9.98. The lowest BCUT2D eigenvalue weighted by Gasteiger charge is -2.28. The summed E-state index contributed by atoms with van der Waals surface area (Å²) in [6.45, 7) is 0.972. The maximum Gasteiger partial charge on any atom is 0.246 e. The minimum Gasteiger partial charge on any atom is -0.370 e. The summed E-state index contributed by atoms with van der Waals surface area (Å²) in [7, 11) is 0. The molecule has 2 rings (SSSR count). The van der Waals surface area contributed by atoms with Gasteiger partial charge in [0.25, 0.3) is 0 Å². The lowest BCUT2D eigenvalue weighted by molar-refractivity contribution is -0.132.